The summed E-state index contributed by atoms with van der Waals surface area (Å²) in [5.74, 6) is 1.39. The number of hydrogen-bond donors (Lipinski definition) is 0. The van der Waals surface area contributed by atoms with E-state index in [1.807, 2.05) is 0 Å². The number of halogens is 1. The first-order valence-corrected chi connectivity index (χ1v) is 4.59. The normalized spacial score (nSPS) is 21.7. The van der Waals surface area contributed by atoms with Crippen LogP contribution >= 0.6 is 11.6 Å². The van der Waals surface area contributed by atoms with Crippen LogP contribution in [0, 0.1) is 0 Å². The number of aryl methyl sites for hydroxylation is 1. The quantitative estimate of drug-likeness (QED) is 0.563. The maximum atomic E-state index is 5.84. The van der Waals surface area contributed by atoms with Gasteiger partial charge in [-0.25, -0.2) is 0 Å². The molecule has 0 N–H and O–H groups in total. The van der Waals surface area contributed by atoms with E-state index < -0.39 is 0 Å². The van der Waals surface area contributed by atoms with Gasteiger partial charge in [-0.1, -0.05) is 24.3 Å². The third-order valence-corrected chi connectivity index (χ3v) is 2.82. The summed E-state index contributed by atoms with van der Waals surface area (Å²) >= 11 is 5.84. The molecule has 0 fully saturated rings. The summed E-state index contributed by atoms with van der Waals surface area (Å²) in [6.07, 6.45) is 2.45. The van der Waals surface area contributed by atoms with E-state index in [9.17, 15) is 0 Å². The van der Waals surface area contributed by atoms with Gasteiger partial charge in [0.1, 0.15) is 0 Å². The Balaban J connectivity index is 2.39. The Bertz CT molecular complexity index is 255. The van der Waals surface area contributed by atoms with Crippen LogP contribution in [0.3, 0.4) is 0 Å². The minimum Gasteiger partial charge on any atom is -0.126 e. The van der Waals surface area contributed by atoms with Crippen LogP contribution in [0.2, 0.25) is 0 Å². The molecule has 11 heavy (non-hydrogen) atoms. The molecule has 0 saturated carbocycles. The van der Waals surface area contributed by atoms with Crippen molar-refractivity contribution in [2.24, 2.45) is 0 Å². The molecule has 0 saturated heterocycles. The van der Waals surface area contributed by atoms with Gasteiger partial charge in [0.05, 0.1) is 0 Å². The van der Waals surface area contributed by atoms with Crippen molar-refractivity contribution in [1.82, 2.24) is 0 Å². The SMILES string of the molecule is ClCC1CCc2ccccc21. The van der Waals surface area contributed by atoms with Crippen molar-refractivity contribution < 1.29 is 0 Å². The number of alkyl halides is 1. The van der Waals surface area contributed by atoms with Crippen LogP contribution in [-0.2, 0) is 6.42 Å². The number of benzene rings is 1. The van der Waals surface area contributed by atoms with Crippen molar-refractivity contribution >= 4 is 11.6 Å². The van der Waals surface area contributed by atoms with E-state index in [4.69, 9.17) is 11.6 Å². The van der Waals surface area contributed by atoms with E-state index in [2.05, 4.69) is 24.3 Å². The Morgan fingerprint density at radius 1 is 1.36 bits per heavy atom. The molecule has 0 spiro atoms. The van der Waals surface area contributed by atoms with Gasteiger partial charge in [0, 0.05) is 5.88 Å². The molecular formula is C10H11Cl. The molecule has 2 rings (SSSR count). The fourth-order valence-corrected chi connectivity index (χ4v) is 2.13. The van der Waals surface area contributed by atoms with E-state index in [1.54, 1.807) is 0 Å². The summed E-state index contributed by atoms with van der Waals surface area (Å²) in [5, 5.41) is 0. The predicted molar refractivity (Wildman–Crippen MR) is 48.2 cm³/mol. The smallest absolute Gasteiger partial charge is 0.0292 e. The molecule has 1 atom stereocenters. The molecule has 0 heterocycles. The Labute approximate surface area is 72.2 Å². The average molecular weight is 167 g/mol. The second-order valence-electron chi connectivity index (χ2n) is 3.09. The molecule has 0 radical (unpaired) electrons. The zero-order valence-electron chi connectivity index (χ0n) is 6.39. The number of hydrogen-bond acceptors (Lipinski definition) is 0. The highest BCUT2D eigenvalue weighted by molar-refractivity contribution is 6.18. The summed E-state index contributed by atoms with van der Waals surface area (Å²) < 4.78 is 0. The van der Waals surface area contributed by atoms with Gasteiger partial charge in [-0.15, -0.1) is 11.6 Å². The lowest BCUT2D eigenvalue weighted by atomic mass is 10.0. The van der Waals surface area contributed by atoms with E-state index in [-0.39, 0.29) is 0 Å². The first-order valence-electron chi connectivity index (χ1n) is 4.05. The molecule has 0 aromatic heterocycles. The van der Waals surface area contributed by atoms with Gasteiger partial charge >= 0.3 is 0 Å². The van der Waals surface area contributed by atoms with Gasteiger partial charge < -0.3 is 0 Å². The number of fused-ring (bicyclic) bond motifs is 1. The largest absolute Gasteiger partial charge is 0.126 e. The third kappa shape index (κ3) is 1.16. The molecule has 1 aromatic carbocycles. The van der Waals surface area contributed by atoms with Gasteiger partial charge in [0.15, 0.2) is 0 Å². The first kappa shape index (κ1) is 7.17. The van der Waals surface area contributed by atoms with Crippen LogP contribution in [0.1, 0.15) is 23.5 Å². The fraction of sp³-hybridized carbons (Fsp3) is 0.400. The molecular weight excluding hydrogens is 156 g/mol. The van der Waals surface area contributed by atoms with Crippen LogP contribution in [0.25, 0.3) is 0 Å². The molecule has 0 bridgehead atoms. The highest BCUT2D eigenvalue weighted by Gasteiger charge is 2.20. The summed E-state index contributed by atoms with van der Waals surface area (Å²) in [4.78, 5) is 0. The molecule has 1 heteroatoms. The van der Waals surface area contributed by atoms with Crippen molar-refractivity contribution in [2.45, 2.75) is 18.8 Å². The monoisotopic (exact) mass is 166 g/mol. The zero-order chi connectivity index (χ0) is 7.68. The van der Waals surface area contributed by atoms with Gasteiger partial charge in [0.25, 0.3) is 0 Å². The topological polar surface area (TPSA) is 0 Å². The van der Waals surface area contributed by atoms with Gasteiger partial charge in [-0.3, -0.25) is 0 Å². The lowest BCUT2D eigenvalue weighted by Gasteiger charge is -2.04. The van der Waals surface area contributed by atoms with Crippen molar-refractivity contribution in [1.29, 1.82) is 0 Å². The van der Waals surface area contributed by atoms with Crippen molar-refractivity contribution in [3.05, 3.63) is 35.4 Å². The Morgan fingerprint density at radius 2 is 2.18 bits per heavy atom. The highest BCUT2D eigenvalue weighted by atomic mass is 35.5. The maximum absolute atomic E-state index is 5.84. The second-order valence-corrected chi connectivity index (χ2v) is 3.40. The molecule has 1 aromatic rings. The second kappa shape index (κ2) is 2.86. The van der Waals surface area contributed by atoms with E-state index in [1.165, 1.54) is 24.0 Å². The lowest BCUT2D eigenvalue weighted by molar-refractivity contribution is 0.754. The van der Waals surface area contributed by atoms with Crippen molar-refractivity contribution in [2.75, 3.05) is 5.88 Å². The third-order valence-electron chi connectivity index (χ3n) is 2.44. The summed E-state index contributed by atoms with van der Waals surface area (Å²) in [5.41, 5.74) is 2.97. The van der Waals surface area contributed by atoms with Crippen LogP contribution in [0.15, 0.2) is 24.3 Å². The molecule has 1 aliphatic rings. The molecule has 0 aliphatic heterocycles. The molecule has 0 nitrogen and oxygen atoms in total. The predicted octanol–water partition coefficient (Wildman–Crippen LogP) is 2.96. The Hall–Kier alpha value is -0.490. The van der Waals surface area contributed by atoms with E-state index in [0.29, 0.717) is 5.92 Å². The van der Waals surface area contributed by atoms with Crippen LogP contribution in [0.4, 0.5) is 0 Å². The van der Waals surface area contributed by atoms with Crippen LogP contribution in [0.5, 0.6) is 0 Å². The van der Waals surface area contributed by atoms with Gasteiger partial charge in [-0.05, 0) is 29.9 Å². The Morgan fingerprint density at radius 3 is 3.00 bits per heavy atom. The summed E-state index contributed by atoms with van der Waals surface area (Å²) in [6, 6.07) is 8.62. The summed E-state index contributed by atoms with van der Waals surface area (Å²) in [7, 11) is 0. The lowest BCUT2D eigenvalue weighted by Crippen LogP contribution is -1.93. The van der Waals surface area contributed by atoms with E-state index >= 15 is 0 Å². The molecule has 58 valence electrons. The van der Waals surface area contributed by atoms with Crippen LogP contribution < -0.4 is 0 Å². The minimum atomic E-state index is 0.618. The zero-order valence-corrected chi connectivity index (χ0v) is 7.14. The number of rotatable bonds is 1. The molecule has 1 aliphatic carbocycles. The Kier molecular flexibility index (Phi) is 1.87. The first-order chi connectivity index (χ1) is 5.42. The molecule has 1 unspecified atom stereocenters. The molecule has 0 amide bonds. The van der Waals surface area contributed by atoms with Crippen molar-refractivity contribution in [3.63, 3.8) is 0 Å². The average Bonchev–Trinajstić information content (AvgIpc) is 2.47. The van der Waals surface area contributed by atoms with Gasteiger partial charge in [0.2, 0.25) is 0 Å². The standard InChI is InChI=1S/C10H11Cl/c11-7-9-6-5-8-3-1-2-4-10(8)9/h1-4,9H,5-7H2. The minimum absolute atomic E-state index is 0.618. The summed E-state index contributed by atoms with van der Waals surface area (Å²) in [6.45, 7) is 0. The van der Waals surface area contributed by atoms with Crippen molar-refractivity contribution in [3.8, 4) is 0 Å². The van der Waals surface area contributed by atoms with Crippen LogP contribution in [-0.4, -0.2) is 5.88 Å². The van der Waals surface area contributed by atoms with Gasteiger partial charge in [-0.2, -0.15) is 0 Å². The van der Waals surface area contributed by atoms with E-state index in [0.717, 1.165) is 5.88 Å². The fourth-order valence-electron chi connectivity index (χ4n) is 1.81. The maximum Gasteiger partial charge on any atom is 0.0292 e. The highest BCUT2D eigenvalue weighted by Crippen LogP contribution is 2.33.